The normalized spacial score (nSPS) is 11.0. The van der Waals surface area contributed by atoms with Crippen molar-refractivity contribution in [2.45, 2.75) is 0 Å². The van der Waals surface area contributed by atoms with E-state index in [1.807, 2.05) is 30.3 Å². The molecule has 1 atom stereocenters. The van der Waals surface area contributed by atoms with Crippen LogP contribution in [0.15, 0.2) is 42.3 Å². The van der Waals surface area contributed by atoms with E-state index in [9.17, 15) is 8.76 Å². The van der Waals surface area contributed by atoms with E-state index in [0.717, 1.165) is 11.1 Å². The molecule has 98 valence electrons. The third kappa shape index (κ3) is 31.3. The highest BCUT2D eigenvalue weighted by Gasteiger charge is 1.84. The van der Waals surface area contributed by atoms with Crippen LogP contribution in [0.5, 0.6) is 0 Å². The number of hydrogen-bond donors (Lipinski definition) is 3. The SMILES string of the molecule is C=CS(=O)[O-].Nc1ccccc1.O=S(=O)(O)O. The third-order valence-corrected chi connectivity index (χ3v) is 1.21. The van der Waals surface area contributed by atoms with Gasteiger partial charge in [0.05, 0.1) is 0 Å². The van der Waals surface area contributed by atoms with Gasteiger partial charge < -0.3 is 10.3 Å². The van der Waals surface area contributed by atoms with E-state index < -0.39 is 21.5 Å². The summed E-state index contributed by atoms with van der Waals surface area (Å²) >= 11 is -2.06. The summed E-state index contributed by atoms with van der Waals surface area (Å²) in [5, 5.41) is 0.833. The maximum absolute atomic E-state index is 9.25. The summed E-state index contributed by atoms with van der Waals surface area (Å²) in [4.78, 5) is 0. The first-order chi connectivity index (χ1) is 7.66. The second-order valence-electron chi connectivity index (χ2n) is 2.29. The number of hydrogen-bond acceptors (Lipinski definition) is 5. The number of benzene rings is 1. The molecule has 0 saturated carbocycles. The van der Waals surface area contributed by atoms with Crippen LogP contribution in [0.2, 0.25) is 0 Å². The molecule has 0 aliphatic heterocycles. The summed E-state index contributed by atoms with van der Waals surface area (Å²) in [6.45, 7) is 2.95. The standard InChI is InChI=1S/C6H7N.C2H4O2S.H2O4S/c7-6-4-2-1-3-5-6;1-2-5(3)4;1-5(2,3)4/h1-5H,7H2;2H,1H2,(H,3,4);(H2,1,2,3,4)/p-1. The summed E-state index contributed by atoms with van der Waals surface area (Å²) in [6, 6.07) is 9.49. The molecule has 0 amide bonds. The van der Waals surface area contributed by atoms with Gasteiger partial charge in [0.1, 0.15) is 0 Å². The molecule has 0 spiro atoms. The first-order valence-corrected chi connectivity index (χ1v) is 6.41. The van der Waals surface area contributed by atoms with E-state index in [4.69, 9.17) is 23.3 Å². The van der Waals surface area contributed by atoms with E-state index in [0.29, 0.717) is 0 Å². The van der Waals surface area contributed by atoms with Gasteiger partial charge in [-0.15, -0.1) is 0 Å². The van der Waals surface area contributed by atoms with Gasteiger partial charge >= 0.3 is 10.4 Å². The van der Waals surface area contributed by atoms with Crippen molar-refractivity contribution in [2.24, 2.45) is 0 Å². The lowest BCUT2D eigenvalue weighted by Crippen LogP contribution is -1.89. The summed E-state index contributed by atoms with van der Waals surface area (Å²) in [6.07, 6.45) is 0. The van der Waals surface area contributed by atoms with Gasteiger partial charge in [-0.1, -0.05) is 24.8 Å². The van der Waals surface area contributed by atoms with Crippen molar-refractivity contribution in [3.8, 4) is 0 Å². The molecule has 0 aliphatic carbocycles. The lowest BCUT2D eigenvalue weighted by Gasteiger charge is -1.88. The van der Waals surface area contributed by atoms with Crippen molar-refractivity contribution in [1.82, 2.24) is 0 Å². The summed E-state index contributed by atoms with van der Waals surface area (Å²) in [7, 11) is -4.67. The predicted molar refractivity (Wildman–Crippen MR) is 64.1 cm³/mol. The molecule has 7 nitrogen and oxygen atoms in total. The first kappa shape index (κ1) is 18.1. The number of anilines is 1. The molecule has 1 unspecified atom stereocenters. The average molecular weight is 282 g/mol. The van der Waals surface area contributed by atoms with Crippen molar-refractivity contribution in [1.29, 1.82) is 0 Å². The average Bonchev–Trinajstić information content (AvgIpc) is 2.17. The molecule has 0 saturated heterocycles. The molecular weight excluding hydrogens is 270 g/mol. The predicted octanol–water partition coefficient (Wildman–Crippen LogP) is 0.625. The van der Waals surface area contributed by atoms with Crippen LogP contribution in [-0.2, 0) is 21.5 Å². The van der Waals surface area contributed by atoms with Crippen LogP contribution >= 0.6 is 0 Å². The van der Waals surface area contributed by atoms with Crippen molar-refractivity contribution in [3.63, 3.8) is 0 Å². The number of para-hydroxylation sites is 1. The maximum Gasteiger partial charge on any atom is 0.394 e. The smallest absolute Gasteiger partial charge is 0.394 e. The molecule has 0 fully saturated rings. The van der Waals surface area contributed by atoms with Gasteiger partial charge in [0.2, 0.25) is 0 Å². The lowest BCUT2D eigenvalue weighted by atomic mass is 10.3. The highest BCUT2D eigenvalue weighted by atomic mass is 32.3. The topological polar surface area (TPSA) is 141 Å². The van der Waals surface area contributed by atoms with Crippen molar-refractivity contribution in [3.05, 3.63) is 42.3 Å². The molecule has 1 aromatic rings. The number of nitrogens with two attached hydrogens (primary N) is 1. The molecule has 9 heteroatoms. The monoisotopic (exact) mass is 282 g/mol. The Morgan fingerprint density at radius 1 is 1.29 bits per heavy atom. The van der Waals surface area contributed by atoms with Gasteiger partial charge in [0.25, 0.3) is 0 Å². The lowest BCUT2D eigenvalue weighted by molar-refractivity contribution is 0.381. The Labute approximate surface area is 102 Å². The second kappa shape index (κ2) is 9.93. The Morgan fingerprint density at radius 2 is 1.59 bits per heavy atom. The van der Waals surface area contributed by atoms with Crippen LogP contribution in [0.3, 0.4) is 0 Å². The molecule has 17 heavy (non-hydrogen) atoms. The van der Waals surface area contributed by atoms with E-state index in [-0.39, 0.29) is 0 Å². The van der Waals surface area contributed by atoms with Crippen molar-refractivity contribution in [2.75, 3.05) is 5.73 Å². The second-order valence-corrected chi connectivity index (χ2v) is 4.04. The molecule has 0 aliphatic rings. The highest BCUT2D eigenvalue weighted by molar-refractivity contribution is 7.82. The molecule has 1 aromatic carbocycles. The fourth-order valence-corrected chi connectivity index (χ4v) is 0.453. The zero-order valence-corrected chi connectivity index (χ0v) is 10.2. The molecular formula is C8H12NO6S2-. The Kier molecular flexibility index (Phi) is 10.6. The first-order valence-electron chi connectivity index (χ1n) is 3.88. The van der Waals surface area contributed by atoms with Gasteiger partial charge in [-0.05, 0) is 28.6 Å². The van der Waals surface area contributed by atoms with Crippen molar-refractivity contribution >= 4 is 27.2 Å². The molecule has 0 radical (unpaired) electrons. The Balaban J connectivity index is 0. The van der Waals surface area contributed by atoms with Gasteiger partial charge in [0, 0.05) is 5.69 Å². The van der Waals surface area contributed by atoms with Crippen LogP contribution < -0.4 is 5.73 Å². The molecule has 1 rings (SSSR count). The molecule has 0 aromatic heterocycles. The van der Waals surface area contributed by atoms with Gasteiger partial charge in [-0.25, -0.2) is 0 Å². The Bertz CT molecular complexity index is 423. The van der Waals surface area contributed by atoms with Gasteiger partial charge in [-0.2, -0.15) is 8.42 Å². The Morgan fingerprint density at radius 3 is 1.71 bits per heavy atom. The minimum Gasteiger partial charge on any atom is -0.769 e. The fraction of sp³-hybridized carbons (Fsp3) is 0. The quantitative estimate of drug-likeness (QED) is 0.389. The van der Waals surface area contributed by atoms with Crippen LogP contribution in [0.1, 0.15) is 0 Å². The fourth-order valence-electron chi connectivity index (χ4n) is 0.453. The summed E-state index contributed by atoms with van der Waals surface area (Å²) in [5.41, 5.74) is 6.18. The number of rotatable bonds is 1. The van der Waals surface area contributed by atoms with Gasteiger partial charge in [-0.3, -0.25) is 13.3 Å². The van der Waals surface area contributed by atoms with Crippen LogP contribution in [-0.4, -0.2) is 26.3 Å². The van der Waals surface area contributed by atoms with Gasteiger partial charge in [0.15, 0.2) is 0 Å². The Hall–Kier alpha value is -1.26. The zero-order valence-electron chi connectivity index (χ0n) is 8.59. The molecule has 0 heterocycles. The minimum atomic E-state index is -4.67. The summed E-state index contributed by atoms with van der Waals surface area (Å²) < 4.78 is 50.1. The van der Waals surface area contributed by atoms with E-state index in [1.165, 1.54) is 0 Å². The van der Waals surface area contributed by atoms with E-state index in [2.05, 4.69) is 6.58 Å². The van der Waals surface area contributed by atoms with Crippen LogP contribution in [0.4, 0.5) is 5.69 Å². The van der Waals surface area contributed by atoms with E-state index in [1.54, 1.807) is 0 Å². The molecule has 4 N–H and O–H groups in total. The van der Waals surface area contributed by atoms with Crippen LogP contribution in [0.25, 0.3) is 0 Å². The number of nitrogen functional groups attached to an aromatic ring is 1. The minimum absolute atomic E-state index is 0.822. The summed E-state index contributed by atoms with van der Waals surface area (Å²) in [5.74, 6) is 0. The highest BCUT2D eigenvalue weighted by Crippen LogP contribution is 1.95. The maximum atomic E-state index is 9.25. The van der Waals surface area contributed by atoms with Crippen molar-refractivity contribution < 1.29 is 26.3 Å². The van der Waals surface area contributed by atoms with Crippen LogP contribution in [0, 0.1) is 0 Å². The third-order valence-electron chi connectivity index (χ3n) is 0.936. The largest absolute Gasteiger partial charge is 0.769 e. The zero-order chi connectivity index (χ0) is 13.9. The van der Waals surface area contributed by atoms with E-state index >= 15 is 0 Å². The molecule has 0 bridgehead atoms.